The number of nitrogens with two attached hydrogens (primary N) is 2. The summed E-state index contributed by atoms with van der Waals surface area (Å²) < 4.78 is 0. The highest BCUT2D eigenvalue weighted by atomic mass is 14.9. The highest BCUT2D eigenvalue weighted by Gasteiger charge is 2.02. The molecular formula is C11H14N4. The molecule has 0 saturated heterocycles. The Morgan fingerprint density at radius 3 is 2.87 bits per heavy atom. The smallest absolute Gasteiger partial charge is 0.0422 e. The monoisotopic (exact) mass is 202 g/mol. The molecule has 0 unspecified atom stereocenters. The first kappa shape index (κ1) is 9.73. The number of hydrogen-bond donors (Lipinski definition) is 3. The molecule has 1 aromatic carbocycles. The number of fused-ring (bicyclic) bond motifs is 1. The Morgan fingerprint density at radius 2 is 2.07 bits per heavy atom. The van der Waals surface area contributed by atoms with E-state index < -0.39 is 0 Å². The van der Waals surface area contributed by atoms with Crippen LogP contribution < -0.4 is 16.8 Å². The van der Waals surface area contributed by atoms with Crippen molar-refractivity contribution < 1.29 is 0 Å². The van der Waals surface area contributed by atoms with Crippen LogP contribution in [0.15, 0.2) is 30.6 Å². The zero-order valence-corrected chi connectivity index (χ0v) is 8.40. The van der Waals surface area contributed by atoms with Gasteiger partial charge in [-0.15, -0.1) is 0 Å². The van der Waals surface area contributed by atoms with Gasteiger partial charge in [0.15, 0.2) is 0 Å². The standard InChI is InChI=1S/C11H14N4/c12-4-6-15-11-2-1-10(13)9-7-14-5-3-8(9)11/h1-3,5,7,15H,4,6,12-13H2. The van der Waals surface area contributed by atoms with Crippen LogP contribution in [0.5, 0.6) is 0 Å². The molecule has 0 bridgehead atoms. The number of pyridine rings is 1. The van der Waals surface area contributed by atoms with Crippen LogP contribution >= 0.6 is 0 Å². The van der Waals surface area contributed by atoms with E-state index in [1.807, 2.05) is 18.2 Å². The highest BCUT2D eigenvalue weighted by molar-refractivity contribution is 6.00. The zero-order valence-electron chi connectivity index (χ0n) is 8.40. The molecule has 4 nitrogen and oxygen atoms in total. The molecule has 1 heterocycles. The summed E-state index contributed by atoms with van der Waals surface area (Å²) in [6.45, 7) is 1.36. The molecule has 1 aromatic heterocycles. The van der Waals surface area contributed by atoms with Gasteiger partial charge in [0, 0.05) is 47.6 Å². The van der Waals surface area contributed by atoms with Crippen LogP contribution in [-0.4, -0.2) is 18.1 Å². The number of nitrogens with one attached hydrogen (secondary N) is 1. The summed E-state index contributed by atoms with van der Waals surface area (Å²) in [5, 5.41) is 5.31. The molecule has 78 valence electrons. The summed E-state index contributed by atoms with van der Waals surface area (Å²) in [5.41, 5.74) is 13.1. The van der Waals surface area contributed by atoms with E-state index in [-0.39, 0.29) is 0 Å². The third-order valence-electron chi connectivity index (χ3n) is 2.31. The van der Waals surface area contributed by atoms with Crippen molar-refractivity contribution in [2.75, 3.05) is 24.1 Å². The molecule has 0 radical (unpaired) electrons. The van der Waals surface area contributed by atoms with E-state index in [1.165, 1.54) is 0 Å². The number of nitrogens with zero attached hydrogens (tertiary/aromatic N) is 1. The molecule has 2 aromatic rings. The van der Waals surface area contributed by atoms with Gasteiger partial charge in [-0.1, -0.05) is 0 Å². The molecule has 0 saturated carbocycles. The third-order valence-corrected chi connectivity index (χ3v) is 2.31. The van der Waals surface area contributed by atoms with Gasteiger partial charge in [0.1, 0.15) is 0 Å². The van der Waals surface area contributed by atoms with Gasteiger partial charge < -0.3 is 16.8 Å². The Hall–Kier alpha value is -1.81. The number of nitrogen functional groups attached to an aromatic ring is 1. The van der Waals surface area contributed by atoms with Gasteiger partial charge in [-0.05, 0) is 18.2 Å². The molecule has 0 aliphatic heterocycles. The lowest BCUT2D eigenvalue weighted by Gasteiger charge is -2.09. The molecule has 0 amide bonds. The lowest BCUT2D eigenvalue weighted by molar-refractivity contribution is 1.03. The van der Waals surface area contributed by atoms with Crippen molar-refractivity contribution in [1.29, 1.82) is 0 Å². The fraction of sp³-hybridized carbons (Fsp3) is 0.182. The lowest BCUT2D eigenvalue weighted by Crippen LogP contribution is -2.13. The number of rotatable bonds is 3. The largest absolute Gasteiger partial charge is 0.398 e. The molecule has 4 heteroatoms. The Kier molecular flexibility index (Phi) is 2.69. The molecule has 0 spiro atoms. The van der Waals surface area contributed by atoms with Crippen molar-refractivity contribution >= 4 is 22.1 Å². The van der Waals surface area contributed by atoms with Crippen LogP contribution in [0.3, 0.4) is 0 Å². The average molecular weight is 202 g/mol. The Morgan fingerprint density at radius 1 is 1.20 bits per heavy atom. The summed E-state index contributed by atoms with van der Waals surface area (Å²) in [4.78, 5) is 4.06. The van der Waals surface area contributed by atoms with Gasteiger partial charge in [-0.2, -0.15) is 0 Å². The number of hydrogen-bond acceptors (Lipinski definition) is 4. The summed E-state index contributed by atoms with van der Waals surface area (Å²) in [7, 11) is 0. The van der Waals surface area contributed by atoms with Crippen molar-refractivity contribution in [2.24, 2.45) is 5.73 Å². The van der Waals surface area contributed by atoms with E-state index in [2.05, 4.69) is 10.3 Å². The highest BCUT2D eigenvalue weighted by Crippen LogP contribution is 2.26. The van der Waals surface area contributed by atoms with E-state index >= 15 is 0 Å². The van der Waals surface area contributed by atoms with Gasteiger partial charge in [-0.25, -0.2) is 0 Å². The Labute approximate surface area is 88.3 Å². The van der Waals surface area contributed by atoms with Crippen molar-refractivity contribution in [2.45, 2.75) is 0 Å². The van der Waals surface area contributed by atoms with Crippen LogP contribution in [0.2, 0.25) is 0 Å². The van der Waals surface area contributed by atoms with Gasteiger partial charge in [0.2, 0.25) is 0 Å². The van der Waals surface area contributed by atoms with Crippen molar-refractivity contribution in [3.8, 4) is 0 Å². The molecule has 0 aliphatic rings. The molecule has 2 rings (SSSR count). The fourth-order valence-corrected chi connectivity index (χ4v) is 1.57. The molecule has 0 aliphatic carbocycles. The van der Waals surface area contributed by atoms with Crippen molar-refractivity contribution in [3.63, 3.8) is 0 Å². The minimum atomic E-state index is 0.608. The first-order valence-electron chi connectivity index (χ1n) is 4.89. The summed E-state index contributed by atoms with van der Waals surface area (Å²) in [6.07, 6.45) is 3.54. The quantitative estimate of drug-likeness (QED) is 0.653. The topological polar surface area (TPSA) is 77.0 Å². The molecule has 5 N–H and O–H groups in total. The minimum absolute atomic E-state index is 0.608. The Balaban J connectivity index is 2.51. The maximum Gasteiger partial charge on any atom is 0.0422 e. The second-order valence-corrected chi connectivity index (χ2v) is 3.34. The van der Waals surface area contributed by atoms with Crippen LogP contribution in [0.1, 0.15) is 0 Å². The molecule has 0 atom stereocenters. The number of anilines is 2. The average Bonchev–Trinajstić information content (AvgIpc) is 2.29. The summed E-state index contributed by atoms with van der Waals surface area (Å²) in [5.74, 6) is 0. The maximum atomic E-state index is 5.86. The first-order valence-corrected chi connectivity index (χ1v) is 4.89. The van der Waals surface area contributed by atoms with Crippen LogP contribution in [-0.2, 0) is 0 Å². The van der Waals surface area contributed by atoms with Crippen molar-refractivity contribution in [3.05, 3.63) is 30.6 Å². The molecule has 0 fully saturated rings. The van der Waals surface area contributed by atoms with E-state index in [1.54, 1.807) is 12.4 Å². The molecule has 15 heavy (non-hydrogen) atoms. The van der Waals surface area contributed by atoms with E-state index in [9.17, 15) is 0 Å². The van der Waals surface area contributed by atoms with Crippen LogP contribution in [0.25, 0.3) is 10.8 Å². The number of aromatic nitrogens is 1. The normalized spacial score (nSPS) is 10.5. The molecular weight excluding hydrogens is 188 g/mol. The summed E-state index contributed by atoms with van der Waals surface area (Å²) >= 11 is 0. The van der Waals surface area contributed by atoms with Crippen molar-refractivity contribution in [1.82, 2.24) is 4.98 Å². The van der Waals surface area contributed by atoms with E-state index in [0.717, 1.165) is 28.7 Å². The predicted molar refractivity (Wildman–Crippen MR) is 63.7 cm³/mol. The fourth-order valence-electron chi connectivity index (χ4n) is 1.57. The third kappa shape index (κ3) is 1.85. The van der Waals surface area contributed by atoms with E-state index in [0.29, 0.717) is 6.54 Å². The van der Waals surface area contributed by atoms with E-state index in [4.69, 9.17) is 11.5 Å². The Bertz CT molecular complexity index is 467. The van der Waals surface area contributed by atoms with Gasteiger partial charge >= 0.3 is 0 Å². The van der Waals surface area contributed by atoms with Gasteiger partial charge in [0.05, 0.1) is 0 Å². The van der Waals surface area contributed by atoms with Crippen LogP contribution in [0.4, 0.5) is 11.4 Å². The minimum Gasteiger partial charge on any atom is -0.398 e. The first-order chi connectivity index (χ1) is 7.33. The second kappa shape index (κ2) is 4.14. The predicted octanol–water partition coefficient (Wildman–Crippen LogP) is 1.19. The van der Waals surface area contributed by atoms with Crippen LogP contribution in [0, 0.1) is 0 Å². The lowest BCUT2D eigenvalue weighted by atomic mass is 10.1. The SMILES string of the molecule is NCCNc1ccc(N)c2cnccc12. The summed E-state index contributed by atoms with van der Waals surface area (Å²) in [6, 6.07) is 5.79. The van der Waals surface area contributed by atoms with Gasteiger partial charge in [-0.3, -0.25) is 4.98 Å². The second-order valence-electron chi connectivity index (χ2n) is 3.34. The zero-order chi connectivity index (χ0) is 10.7. The number of benzene rings is 1. The maximum absolute atomic E-state index is 5.86. The van der Waals surface area contributed by atoms with Gasteiger partial charge in [0.25, 0.3) is 0 Å².